The van der Waals surface area contributed by atoms with Gasteiger partial charge in [0.2, 0.25) is 0 Å². The molecule has 6 atom stereocenters. The van der Waals surface area contributed by atoms with E-state index < -0.39 is 29.0 Å². The molecule has 2 heterocycles. The van der Waals surface area contributed by atoms with Gasteiger partial charge in [0.25, 0.3) is 0 Å². The highest BCUT2D eigenvalue weighted by Gasteiger charge is 2.81. The predicted octanol–water partition coefficient (Wildman–Crippen LogP) is 1.17. The third kappa shape index (κ3) is 2.02. The minimum Gasteiger partial charge on any atom is -0.390 e. The number of methoxy groups -OCH3 is 1. The number of epoxide rings is 2. The summed E-state index contributed by atoms with van der Waals surface area (Å²) in [5.41, 5.74) is -1.45. The fourth-order valence-corrected chi connectivity index (χ4v) is 3.99. The van der Waals surface area contributed by atoms with Crippen molar-refractivity contribution < 1.29 is 24.4 Å². The molecule has 3 aliphatic rings. The van der Waals surface area contributed by atoms with Gasteiger partial charge in [0.15, 0.2) is 5.60 Å². The van der Waals surface area contributed by atoms with Gasteiger partial charge in [-0.15, -0.1) is 0 Å². The zero-order valence-corrected chi connectivity index (χ0v) is 13.3. The van der Waals surface area contributed by atoms with E-state index in [0.717, 1.165) is 6.42 Å². The van der Waals surface area contributed by atoms with Crippen molar-refractivity contribution in [2.75, 3.05) is 13.7 Å². The second-order valence-corrected chi connectivity index (χ2v) is 7.04. The summed E-state index contributed by atoms with van der Waals surface area (Å²) in [6.07, 6.45) is 2.63. The molecule has 2 N–H and O–H groups in total. The van der Waals surface area contributed by atoms with E-state index in [9.17, 15) is 10.2 Å². The van der Waals surface area contributed by atoms with Crippen LogP contribution in [0.2, 0.25) is 0 Å². The molecule has 0 amide bonds. The summed E-state index contributed by atoms with van der Waals surface area (Å²) in [5.74, 6) is 0. The molecule has 0 aromatic carbocycles. The van der Waals surface area contributed by atoms with Crippen molar-refractivity contribution in [1.29, 1.82) is 0 Å². The fourth-order valence-electron chi connectivity index (χ4n) is 3.99. The Kier molecular flexibility index (Phi) is 3.50. The van der Waals surface area contributed by atoms with E-state index in [4.69, 9.17) is 14.2 Å². The van der Waals surface area contributed by atoms with Gasteiger partial charge >= 0.3 is 0 Å². The first-order valence-corrected chi connectivity index (χ1v) is 7.69. The van der Waals surface area contributed by atoms with Crippen molar-refractivity contribution >= 4 is 0 Å². The van der Waals surface area contributed by atoms with Gasteiger partial charge < -0.3 is 24.4 Å². The summed E-state index contributed by atoms with van der Waals surface area (Å²) < 4.78 is 17.0. The Bertz CT molecular complexity index is 454. The maximum atomic E-state index is 11.5. The van der Waals surface area contributed by atoms with Gasteiger partial charge in [-0.3, -0.25) is 0 Å². The van der Waals surface area contributed by atoms with Crippen LogP contribution in [0.1, 0.15) is 40.0 Å². The van der Waals surface area contributed by atoms with Gasteiger partial charge in [-0.2, -0.15) is 0 Å². The van der Waals surface area contributed by atoms with Crippen molar-refractivity contribution in [1.82, 2.24) is 0 Å². The van der Waals surface area contributed by atoms with E-state index in [0.29, 0.717) is 19.4 Å². The highest BCUT2D eigenvalue weighted by molar-refractivity contribution is 5.30. The van der Waals surface area contributed by atoms with Crippen molar-refractivity contribution in [3.05, 3.63) is 11.6 Å². The largest absolute Gasteiger partial charge is 0.390 e. The van der Waals surface area contributed by atoms with E-state index in [1.54, 1.807) is 0 Å². The Hall–Kier alpha value is -0.460. The minimum absolute atomic E-state index is 0.0681. The van der Waals surface area contributed by atoms with E-state index in [1.165, 1.54) is 12.7 Å². The number of rotatable bonds is 4. The molecule has 1 spiro atoms. The quantitative estimate of drug-likeness (QED) is 0.602. The molecule has 0 aromatic rings. The lowest BCUT2D eigenvalue weighted by Gasteiger charge is -2.48. The molecule has 2 aliphatic heterocycles. The van der Waals surface area contributed by atoms with Crippen LogP contribution in [0, 0.1) is 0 Å². The zero-order valence-electron chi connectivity index (χ0n) is 13.3. The Balaban J connectivity index is 1.88. The van der Waals surface area contributed by atoms with Gasteiger partial charge in [0, 0.05) is 7.11 Å². The molecular weight excluding hydrogens is 272 g/mol. The second-order valence-electron chi connectivity index (χ2n) is 7.04. The molecule has 3 fully saturated rings. The molecular formula is C16H26O5. The third-order valence-electron chi connectivity index (χ3n) is 5.49. The maximum Gasteiger partial charge on any atom is 0.155 e. The molecule has 1 saturated carbocycles. The van der Waals surface area contributed by atoms with Gasteiger partial charge in [-0.25, -0.2) is 0 Å². The van der Waals surface area contributed by atoms with Crippen LogP contribution >= 0.6 is 0 Å². The van der Waals surface area contributed by atoms with E-state index in [1.807, 2.05) is 20.8 Å². The Morgan fingerprint density at radius 3 is 2.62 bits per heavy atom. The number of hydrogen-bond donors (Lipinski definition) is 2. The van der Waals surface area contributed by atoms with Gasteiger partial charge in [0.05, 0.1) is 18.8 Å². The molecule has 1 aliphatic carbocycles. The third-order valence-corrected chi connectivity index (χ3v) is 5.49. The molecule has 120 valence electrons. The highest BCUT2D eigenvalue weighted by Crippen LogP contribution is 2.61. The van der Waals surface area contributed by atoms with Crippen molar-refractivity contribution in [2.45, 2.75) is 75.1 Å². The average Bonchev–Trinajstić information content (AvgIpc) is 3.31. The highest BCUT2D eigenvalue weighted by atomic mass is 16.7. The summed E-state index contributed by atoms with van der Waals surface area (Å²) >= 11 is 0. The fraction of sp³-hybridized carbons (Fsp3) is 0.875. The SMILES string of the molecule is COC1C(O)CCC2(CO2)C1(O)C1(C)OC1CC=C(C)C. The molecule has 5 nitrogen and oxygen atoms in total. The van der Waals surface area contributed by atoms with Crippen LogP contribution < -0.4 is 0 Å². The molecule has 5 heteroatoms. The Labute approximate surface area is 125 Å². The summed E-state index contributed by atoms with van der Waals surface area (Å²) in [6, 6.07) is 0. The molecule has 2 saturated heterocycles. The summed E-state index contributed by atoms with van der Waals surface area (Å²) in [4.78, 5) is 0. The first kappa shape index (κ1) is 15.4. The van der Waals surface area contributed by atoms with Crippen LogP contribution in [0.25, 0.3) is 0 Å². The van der Waals surface area contributed by atoms with Gasteiger partial charge in [-0.1, -0.05) is 11.6 Å². The van der Waals surface area contributed by atoms with Crippen LogP contribution in [0.15, 0.2) is 11.6 Å². The lowest BCUT2D eigenvalue weighted by Crippen LogP contribution is -2.70. The molecule has 6 unspecified atom stereocenters. The first-order valence-electron chi connectivity index (χ1n) is 7.69. The summed E-state index contributed by atoms with van der Waals surface area (Å²) in [5, 5.41) is 21.7. The monoisotopic (exact) mass is 298 g/mol. The van der Waals surface area contributed by atoms with Crippen LogP contribution in [-0.4, -0.2) is 59.0 Å². The standard InChI is InChI=1S/C16H26O5/c1-10(2)5-6-12-14(3,21-12)16(18)13(19-4)11(17)7-8-15(16)9-20-15/h5,11-13,17-18H,6-9H2,1-4H3. The topological polar surface area (TPSA) is 74.8 Å². The van der Waals surface area contributed by atoms with Gasteiger partial charge in [0.1, 0.15) is 17.3 Å². The zero-order chi connectivity index (χ0) is 15.5. The minimum atomic E-state index is -1.31. The van der Waals surface area contributed by atoms with Crippen LogP contribution in [0.5, 0.6) is 0 Å². The summed E-state index contributed by atoms with van der Waals surface area (Å²) in [7, 11) is 1.52. The lowest BCUT2D eigenvalue weighted by atomic mass is 9.64. The second kappa shape index (κ2) is 4.77. The van der Waals surface area contributed by atoms with Crippen LogP contribution in [-0.2, 0) is 14.2 Å². The van der Waals surface area contributed by atoms with Gasteiger partial charge in [-0.05, 0) is 40.0 Å². The molecule has 21 heavy (non-hydrogen) atoms. The normalized spacial score (nSPS) is 51.8. The number of aliphatic hydroxyl groups is 2. The maximum absolute atomic E-state index is 11.5. The van der Waals surface area contributed by atoms with E-state index in [2.05, 4.69) is 6.08 Å². The number of allylic oxidation sites excluding steroid dienone is 1. The smallest absolute Gasteiger partial charge is 0.155 e. The Morgan fingerprint density at radius 1 is 1.43 bits per heavy atom. The molecule has 0 aromatic heterocycles. The van der Waals surface area contributed by atoms with Crippen molar-refractivity contribution in [2.24, 2.45) is 0 Å². The molecule has 0 radical (unpaired) electrons. The lowest BCUT2D eigenvalue weighted by molar-refractivity contribution is -0.224. The summed E-state index contributed by atoms with van der Waals surface area (Å²) in [6.45, 7) is 6.50. The predicted molar refractivity (Wildman–Crippen MR) is 77.0 cm³/mol. The first-order chi connectivity index (χ1) is 9.81. The number of hydrogen-bond acceptors (Lipinski definition) is 5. The Morgan fingerprint density at radius 2 is 2.10 bits per heavy atom. The molecule has 0 bridgehead atoms. The number of aliphatic hydroxyl groups excluding tert-OH is 1. The van der Waals surface area contributed by atoms with E-state index >= 15 is 0 Å². The van der Waals surface area contributed by atoms with Crippen LogP contribution in [0.4, 0.5) is 0 Å². The average molecular weight is 298 g/mol. The number of ether oxygens (including phenoxy) is 3. The van der Waals surface area contributed by atoms with Crippen molar-refractivity contribution in [3.63, 3.8) is 0 Å². The van der Waals surface area contributed by atoms with E-state index in [-0.39, 0.29) is 6.10 Å². The van der Waals surface area contributed by atoms with Crippen LogP contribution in [0.3, 0.4) is 0 Å². The molecule has 3 rings (SSSR count). The van der Waals surface area contributed by atoms with Crippen molar-refractivity contribution in [3.8, 4) is 0 Å².